The van der Waals surface area contributed by atoms with E-state index in [-0.39, 0.29) is 18.8 Å². The first-order valence-electron chi connectivity index (χ1n) is 0.333. The van der Waals surface area contributed by atoms with E-state index in [1.54, 1.807) is 0 Å². The van der Waals surface area contributed by atoms with Gasteiger partial charge in [-0.25, -0.2) is 0 Å². The van der Waals surface area contributed by atoms with E-state index in [1.807, 2.05) is 0 Å². The van der Waals surface area contributed by atoms with Crippen LogP contribution in [0.15, 0.2) is 0 Å². The topological polar surface area (TPSA) is 52.0 Å². The zero-order valence-electron chi connectivity index (χ0n) is 2.79. The summed E-state index contributed by atoms with van der Waals surface area (Å²) in [6, 6.07) is 0. The van der Waals surface area contributed by atoms with Crippen LogP contribution in [0.2, 0.25) is 0 Å². The van der Waals surface area contributed by atoms with Gasteiger partial charge in [0.1, 0.15) is 0 Å². The lowest BCUT2D eigenvalue weighted by Crippen LogP contribution is -2.02. The van der Waals surface area contributed by atoms with Crippen LogP contribution in [-0.2, 0) is 0 Å². The Morgan fingerprint density at radius 3 is 0.500 bits per heavy atom. The van der Waals surface area contributed by atoms with Crippen LogP contribution in [0.3, 0.4) is 0 Å². The minimum absolute atomic E-state index is 0. The van der Waals surface area contributed by atoms with Crippen LogP contribution >= 0.6 is 0 Å². The van der Waals surface area contributed by atoms with Crippen molar-refractivity contribution in [3.05, 3.63) is 0 Å². The zero-order chi connectivity index (χ0) is 2.00. The van der Waals surface area contributed by atoms with Crippen LogP contribution in [0.1, 0.15) is 0 Å². The summed E-state index contributed by atoms with van der Waals surface area (Å²) in [4.78, 5) is 0. The highest BCUT2D eigenvalue weighted by Crippen LogP contribution is 0.423. The number of rotatable bonds is 0. The van der Waals surface area contributed by atoms with Gasteiger partial charge in [-0.2, -0.15) is 0 Å². The summed E-state index contributed by atoms with van der Waals surface area (Å²) in [5.74, 6) is 8.00. The highest BCUT2D eigenvalue weighted by Gasteiger charge is 0.726. The molecule has 0 aromatic carbocycles. The lowest BCUT2D eigenvalue weighted by molar-refractivity contribution is 1.11. The van der Waals surface area contributed by atoms with Crippen molar-refractivity contribution in [2.75, 3.05) is 0 Å². The van der Waals surface area contributed by atoms with Crippen LogP contribution in [-0.4, -0.2) is 0 Å². The predicted molar refractivity (Wildman–Crippen MR) is 18.4 cm³/mol. The molecule has 0 aliphatic carbocycles. The van der Waals surface area contributed by atoms with Gasteiger partial charge in [0.05, 0.1) is 0 Å². The molecule has 0 saturated carbocycles. The van der Waals surface area contributed by atoms with E-state index in [9.17, 15) is 0 Å². The summed E-state index contributed by atoms with van der Waals surface area (Å²) in [5.41, 5.74) is 0. The molecule has 0 saturated heterocycles. The minimum Gasteiger partial charge on any atom is -0.274 e. The van der Waals surface area contributed by atoms with Gasteiger partial charge in [0.15, 0.2) is 0 Å². The Bertz CT molecular complexity index is 5.51. The number of halogens is 4. The van der Waals surface area contributed by atoms with Gasteiger partial charge in [-0.15, -0.1) is 0 Å². The van der Waals surface area contributed by atoms with Crippen molar-refractivity contribution >= 4 is 0 Å². The van der Waals surface area contributed by atoms with Gasteiger partial charge < -0.3 is 0 Å². The second kappa shape index (κ2) is 474. The smallest absolute Gasteiger partial charge is 0.269 e. The third-order valence-corrected chi connectivity index (χ3v) is 0. The van der Waals surface area contributed by atoms with E-state index >= 15 is 0 Å². The van der Waals surface area contributed by atoms with Gasteiger partial charge in [-0.3, -0.25) is 30.5 Å². The van der Waals surface area contributed by atoms with Gasteiger partial charge in [-0.1, -0.05) is 0 Å². The summed E-state index contributed by atoms with van der Waals surface area (Å²) >= 11 is 0. The molecule has 0 aliphatic rings. The molecule has 6 heteroatoms. The van der Waals surface area contributed by atoms with Gasteiger partial charge in [-0.05, 0) is 0 Å². The molecule has 0 heterocycles. The van der Waals surface area contributed by atoms with Gasteiger partial charge in [0.2, 0.25) is 0 Å². The molecule has 0 spiro atoms. The highest BCUT2D eigenvalue weighted by molar-refractivity contribution is 3.26. The fraction of sp³-hybridized carbons (Fsp3) is 0. The zero-order valence-corrected chi connectivity index (χ0v) is 2.79. The standard InChI is InChI=1S/4FH.H4N2/c;;;;1-2/h4*1H;1-2H2. The highest BCUT2D eigenvalue weighted by atomic mass is 19.0. The molecule has 46 valence electrons. The maximum atomic E-state index is 4.00. The summed E-state index contributed by atoms with van der Waals surface area (Å²) in [6.45, 7) is 0. The van der Waals surface area contributed by atoms with Crippen molar-refractivity contribution < 1.29 is 18.8 Å². The molecule has 4 N–H and O–H groups in total. The molecule has 0 radical (unpaired) electrons. The van der Waals surface area contributed by atoms with Crippen molar-refractivity contribution in [1.29, 1.82) is 0 Å². The summed E-state index contributed by atoms with van der Waals surface area (Å²) in [5, 5.41) is 0. The largest absolute Gasteiger partial charge is 0.274 e. The summed E-state index contributed by atoms with van der Waals surface area (Å²) in [7, 11) is 0. The number of hydrogen-bond acceptors (Lipinski definition) is 2. The Hall–Kier alpha value is -0.360. The normalized spacial score (nSPS) is 1.00. The molecule has 0 amide bonds. The first-order valence-corrected chi connectivity index (χ1v) is 0.333. The monoisotopic (exact) mass is 112 g/mol. The Balaban J connectivity index is -0.000000000833. The minimum atomic E-state index is 0. The molecule has 0 unspecified atom stereocenters. The number of hydrogen-bond donors (Lipinski definition) is 2. The Morgan fingerprint density at radius 2 is 0.500 bits per heavy atom. The fourth-order valence-corrected chi connectivity index (χ4v) is 0. The number of nitrogens with two attached hydrogens (primary N) is 2. The van der Waals surface area contributed by atoms with Crippen LogP contribution in [0.5, 0.6) is 0 Å². The van der Waals surface area contributed by atoms with Crippen molar-refractivity contribution in [3.8, 4) is 0 Å². The fourth-order valence-electron chi connectivity index (χ4n) is 0. The molecule has 0 fully saturated rings. The molecule has 0 atom stereocenters. The van der Waals surface area contributed by atoms with E-state index < -0.39 is 0 Å². The molecular weight excluding hydrogens is 104 g/mol. The first kappa shape index (κ1) is 296. The average Bonchev–Trinajstić information content (AvgIpc) is 1.00. The predicted octanol–water partition coefficient (Wildman–Crippen LogP) is -0.571. The van der Waals surface area contributed by atoms with Crippen LogP contribution in [0, 0.1) is 0 Å². The molecule has 0 bridgehead atoms. The van der Waals surface area contributed by atoms with Crippen molar-refractivity contribution in [2.45, 2.75) is 0 Å². The Labute approximate surface area is 31.9 Å². The van der Waals surface area contributed by atoms with Crippen LogP contribution < -0.4 is 11.7 Å². The molecule has 0 aromatic rings. The summed E-state index contributed by atoms with van der Waals surface area (Å²) in [6.07, 6.45) is 0. The van der Waals surface area contributed by atoms with E-state index in [0.717, 1.165) is 0 Å². The lowest BCUT2D eigenvalue weighted by atomic mass is 13.0. The summed E-state index contributed by atoms with van der Waals surface area (Å²) < 4.78 is 0. The second-order valence-corrected chi connectivity index (χ2v) is 0. The van der Waals surface area contributed by atoms with Crippen molar-refractivity contribution in [3.63, 3.8) is 0 Å². The first-order chi connectivity index (χ1) is 1.00. The van der Waals surface area contributed by atoms with Crippen LogP contribution in [0.4, 0.5) is 18.8 Å². The number of hydrazine groups is 1. The Morgan fingerprint density at radius 1 is 0.500 bits per heavy atom. The second-order valence-electron chi connectivity index (χ2n) is 0. The molecule has 2 nitrogen and oxygen atoms in total. The maximum Gasteiger partial charge on any atom is -0.269 e. The van der Waals surface area contributed by atoms with Crippen LogP contribution in [0.25, 0.3) is 0 Å². The molecule has 0 aliphatic heterocycles. The van der Waals surface area contributed by atoms with Crippen molar-refractivity contribution in [1.82, 2.24) is 0 Å². The quantitative estimate of drug-likeness (QED) is 0.250. The van der Waals surface area contributed by atoms with E-state index in [0.29, 0.717) is 0 Å². The van der Waals surface area contributed by atoms with E-state index in [2.05, 4.69) is 11.7 Å². The maximum absolute atomic E-state index is 4.00. The molecule has 6 heavy (non-hydrogen) atoms. The lowest BCUT2D eigenvalue weighted by Gasteiger charge is -1.27. The SMILES string of the molecule is F.F.F.F.NN. The van der Waals surface area contributed by atoms with Crippen molar-refractivity contribution in [2.24, 2.45) is 11.7 Å². The van der Waals surface area contributed by atoms with E-state index in [4.69, 9.17) is 0 Å². The average molecular weight is 112 g/mol. The molecular formula is H8F4N2. The Kier molecular flexibility index (Phi) is 23400. The molecule has 0 rings (SSSR count). The molecule has 0 aromatic heterocycles. The third kappa shape index (κ3) is 196. The van der Waals surface area contributed by atoms with Gasteiger partial charge >= 0.3 is 0 Å². The van der Waals surface area contributed by atoms with E-state index in [1.165, 1.54) is 0 Å². The van der Waals surface area contributed by atoms with Gasteiger partial charge in [0.25, 0.3) is 0 Å². The third-order valence-electron chi connectivity index (χ3n) is 0. The van der Waals surface area contributed by atoms with Gasteiger partial charge in [0, 0.05) is 0 Å².